The Morgan fingerprint density at radius 2 is 1.80 bits per heavy atom. The fourth-order valence-corrected chi connectivity index (χ4v) is 3.56. The van der Waals surface area contributed by atoms with Crippen molar-refractivity contribution in [1.82, 2.24) is 4.31 Å². The summed E-state index contributed by atoms with van der Waals surface area (Å²) in [6.07, 6.45) is -0.622. The van der Waals surface area contributed by atoms with E-state index < -0.39 is 34.5 Å². The van der Waals surface area contributed by atoms with Crippen LogP contribution in [0.25, 0.3) is 0 Å². The lowest BCUT2D eigenvalue weighted by atomic mass is 10.1. The molecule has 2 aromatic carbocycles. The first-order valence-electron chi connectivity index (χ1n) is 7.37. The third-order valence-corrected chi connectivity index (χ3v) is 5.69. The summed E-state index contributed by atoms with van der Waals surface area (Å²) in [5.74, 6) is -1.27. The van der Waals surface area contributed by atoms with Crippen molar-refractivity contribution in [3.05, 3.63) is 64.9 Å². The van der Waals surface area contributed by atoms with Crippen molar-refractivity contribution in [1.29, 1.82) is 0 Å². The molecule has 0 saturated heterocycles. The minimum Gasteiger partial charge on any atom is -0.457 e. The van der Waals surface area contributed by atoms with Crippen molar-refractivity contribution in [2.24, 2.45) is 0 Å². The van der Waals surface area contributed by atoms with E-state index in [2.05, 4.69) is 0 Å². The molecule has 1 atom stereocenters. The van der Waals surface area contributed by atoms with Crippen LogP contribution in [0.1, 0.15) is 18.6 Å². The summed E-state index contributed by atoms with van der Waals surface area (Å²) in [5, 5.41) is 0.454. The number of carbonyl (C=O) groups is 1. The molecule has 0 bridgehead atoms. The van der Waals surface area contributed by atoms with Crippen LogP contribution in [0.5, 0.6) is 0 Å². The summed E-state index contributed by atoms with van der Waals surface area (Å²) in [7, 11) is -2.67. The van der Waals surface area contributed by atoms with Gasteiger partial charge in [0, 0.05) is 17.6 Å². The van der Waals surface area contributed by atoms with Gasteiger partial charge >= 0.3 is 5.97 Å². The lowest BCUT2D eigenvalue weighted by Gasteiger charge is -2.19. The topological polar surface area (TPSA) is 63.7 Å². The van der Waals surface area contributed by atoms with Crippen LogP contribution < -0.4 is 0 Å². The van der Waals surface area contributed by atoms with Gasteiger partial charge in [-0.15, -0.1) is 0 Å². The molecule has 0 heterocycles. The van der Waals surface area contributed by atoms with E-state index in [0.29, 0.717) is 10.6 Å². The summed E-state index contributed by atoms with van der Waals surface area (Å²) < 4.78 is 43.8. The minimum absolute atomic E-state index is 0.108. The van der Waals surface area contributed by atoms with Gasteiger partial charge in [0.25, 0.3) is 0 Å². The van der Waals surface area contributed by atoms with E-state index in [9.17, 15) is 17.6 Å². The van der Waals surface area contributed by atoms with Crippen LogP contribution in [0.15, 0.2) is 53.4 Å². The summed E-state index contributed by atoms with van der Waals surface area (Å²) in [6.45, 7) is 1.17. The van der Waals surface area contributed by atoms with Crippen LogP contribution in [0.3, 0.4) is 0 Å². The lowest BCUT2D eigenvalue weighted by molar-refractivity contribution is -0.148. The predicted molar refractivity (Wildman–Crippen MR) is 92.2 cm³/mol. The maximum Gasteiger partial charge on any atom is 0.321 e. The molecule has 0 radical (unpaired) electrons. The van der Waals surface area contributed by atoms with Gasteiger partial charge in [-0.2, -0.15) is 4.31 Å². The average Bonchev–Trinajstić information content (AvgIpc) is 2.55. The summed E-state index contributed by atoms with van der Waals surface area (Å²) in [6, 6.07) is 11.3. The predicted octanol–water partition coefficient (Wildman–Crippen LogP) is 3.40. The van der Waals surface area contributed by atoms with Crippen LogP contribution in [-0.4, -0.2) is 32.3 Å². The normalized spacial score (nSPS) is 12.8. The minimum atomic E-state index is -3.92. The van der Waals surface area contributed by atoms with E-state index in [0.717, 1.165) is 28.6 Å². The molecule has 0 fully saturated rings. The molecule has 0 amide bonds. The fourth-order valence-electron chi connectivity index (χ4n) is 2.16. The van der Waals surface area contributed by atoms with Gasteiger partial charge in [-0.3, -0.25) is 4.79 Å². The molecule has 2 aromatic rings. The van der Waals surface area contributed by atoms with Crippen molar-refractivity contribution < 1.29 is 22.3 Å². The van der Waals surface area contributed by atoms with Crippen LogP contribution in [0.2, 0.25) is 5.02 Å². The number of hydrogen-bond donors (Lipinski definition) is 0. The number of rotatable bonds is 6. The maximum absolute atomic E-state index is 12.9. The molecule has 0 N–H and O–H groups in total. The van der Waals surface area contributed by atoms with E-state index in [1.807, 2.05) is 0 Å². The van der Waals surface area contributed by atoms with E-state index in [1.165, 1.54) is 7.05 Å². The van der Waals surface area contributed by atoms with Gasteiger partial charge in [-0.1, -0.05) is 29.8 Å². The Kier molecular flexibility index (Phi) is 6.16. The molecule has 0 aliphatic heterocycles. The first-order valence-corrected chi connectivity index (χ1v) is 9.19. The second-order valence-electron chi connectivity index (χ2n) is 5.37. The lowest BCUT2D eigenvalue weighted by Crippen LogP contribution is -2.33. The Balaban J connectivity index is 2.04. The van der Waals surface area contributed by atoms with E-state index in [1.54, 1.807) is 31.2 Å². The van der Waals surface area contributed by atoms with E-state index in [-0.39, 0.29) is 4.90 Å². The van der Waals surface area contributed by atoms with Gasteiger partial charge in [0.05, 0.1) is 4.90 Å². The van der Waals surface area contributed by atoms with E-state index >= 15 is 0 Å². The van der Waals surface area contributed by atoms with Gasteiger partial charge in [0.1, 0.15) is 18.5 Å². The van der Waals surface area contributed by atoms with Gasteiger partial charge in [-0.05, 0) is 37.3 Å². The maximum atomic E-state index is 12.9. The van der Waals surface area contributed by atoms with Crippen molar-refractivity contribution in [2.45, 2.75) is 17.9 Å². The number of ether oxygens (including phenoxy) is 1. The SMILES string of the molecule is C[C@@H](OC(=O)CN(C)S(=O)(=O)c1ccc(F)cc1)c1ccccc1Cl. The summed E-state index contributed by atoms with van der Waals surface area (Å²) >= 11 is 6.05. The quantitative estimate of drug-likeness (QED) is 0.715. The van der Waals surface area contributed by atoms with Crippen molar-refractivity contribution in [3.63, 3.8) is 0 Å². The summed E-state index contributed by atoms with van der Waals surface area (Å²) in [4.78, 5) is 11.9. The van der Waals surface area contributed by atoms with E-state index in [4.69, 9.17) is 16.3 Å². The Labute approximate surface area is 151 Å². The molecular weight excluding hydrogens is 369 g/mol. The van der Waals surface area contributed by atoms with Crippen LogP contribution >= 0.6 is 11.6 Å². The molecule has 134 valence electrons. The zero-order valence-corrected chi connectivity index (χ0v) is 15.2. The molecule has 0 spiro atoms. The molecule has 0 aromatic heterocycles. The zero-order chi connectivity index (χ0) is 18.6. The highest BCUT2D eigenvalue weighted by Crippen LogP contribution is 2.25. The number of hydrogen-bond acceptors (Lipinski definition) is 4. The molecule has 8 heteroatoms. The number of esters is 1. The van der Waals surface area contributed by atoms with Crippen LogP contribution in [0.4, 0.5) is 4.39 Å². The number of sulfonamides is 1. The molecule has 25 heavy (non-hydrogen) atoms. The Hall–Kier alpha value is -1.96. The average molecular weight is 386 g/mol. The Morgan fingerprint density at radius 1 is 1.20 bits per heavy atom. The highest BCUT2D eigenvalue weighted by Gasteiger charge is 2.24. The monoisotopic (exact) mass is 385 g/mol. The molecular formula is C17H17ClFNO4S. The first-order chi connectivity index (χ1) is 11.7. The molecule has 0 saturated carbocycles. The number of nitrogens with zero attached hydrogens (tertiary/aromatic N) is 1. The highest BCUT2D eigenvalue weighted by molar-refractivity contribution is 7.89. The third-order valence-electron chi connectivity index (χ3n) is 3.52. The zero-order valence-electron chi connectivity index (χ0n) is 13.6. The van der Waals surface area contributed by atoms with Crippen molar-refractivity contribution in [3.8, 4) is 0 Å². The molecule has 0 aliphatic rings. The standard InChI is InChI=1S/C17H17ClFNO4S/c1-12(15-5-3-4-6-16(15)18)24-17(21)11-20(2)25(22,23)14-9-7-13(19)8-10-14/h3-10,12H,11H2,1-2H3/t12-/m1/s1. The van der Waals surface area contributed by atoms with Crippen LogP contribution in [-0.2, 0) is 19.6 Å². The fraction of sp³-hybridized carbons (Fsp3) is 0.235. The Morgan fingerprint density at radius 3 is 2.40 bits per heavy atom. The van der Waals surface area contributed by atoms with Crippen molar-refractivity contribution in [2.75, 3.05) is 13.6 Å². The van der Waals surface area contributed by atoms with Crippen molar-refractivity contribution >= 4 is 27.6 Å². The molecule has 0 unspecified atom stereocenters. The number of halogens is 2. The summed E-state index contributed by atoms with van der Waals surface area (Å²) in [5.41, 5.74) is 0.626. The third kappa shape index (κ3) is 4.78. The number of likely N-dealkylation sites (N-methyl/N-ethyl adjacent to an activating group) is 1. The Bertz CT molecular complexity index is 855. The second-order valence-corrected chi connectivity index (χ2v) is 7.82. The number of carbonyl (C=O) groups excluding carboxylic acids is 1. The largest absolute Gasteiger partial charge is 0.457 e. The van der Waals surface area contributed by atoms with Gasteiger partial charge in [-0.25, -0.2) is 12.8 Å². The highest BCUT2D eigenvalue weighted by atomic mass is 35.5. The smallest absolute Gasteiger partial charge is 0.321 e. The number of benzene rings is 2. The first kappa shape index (κ1) is 19.4. The second kappa shape index (κ2) is 7.95. The van der Waals surface area contributed by atoms with Gasteiger partial charge in [0.2, 0.25) is 10.0 Å². The van der Waals surface area contributed by atoms with Gasteiger partial charge < -0.3 is 4.74 Å². The van der Waals surface area contributed by atoms with Crippen LogP contribution in [0, 0.1) is 5.82 Å². The molecule has 2 rings (SSSR count). The van der Waals surface area contributed by atoms with Gasteiger partial charge in [0.15, 0.2) is 0 Å². The molecule has 5 nitrogen and oxygen atoms in total. The molecule has 0 aliphatic carbocycles.